The molecule has 0 saturated carbocycles. The van der Waals surface area contributed by atoms with E-state index in [-0.39, 0.29) is 11.4 Å². The molecule has 1 atom stereocenters. The molecule has 1 aromatic heterocycles. The molecule has 2 saturated heterocycles. The monoisotopic (exact) mass is 337 g/mol. The molecule has 2 aliphatic rings. The van der Waals surface area contributed by atoms with Crippen LogP contribution in [0.5, 0.6) is 0 Å². The number of carbonyl (C=O) groups excluding carboxylic acids is 1. The van der Waals surface area contributed by atoms with Gasteiger partial charge in [0.2, 0.25) is 0 Å². The number of rotatable bonds is 3. The van der Waals surface area contributed by atoms with Gasteiger partial charge in [-0.05, 0) is 36.6 Å². The van der Waals surface area contributed by atoms with Crippen molar-refractivity contribution in [2.24, 2.45) is 5.41 Å². The minimum absolute atomic E-state index is 0.0204. The Kier molecular flexibility index (Phi) is 4.40. The first-order valence-electron chi connectivity index (χ1n) is 8.85. The maximum Gasteiger partial charge on any atom is 0.317 e. The van der Waals surface area contributed by atoms with E-state index in [1.807, 2.05) is 41.3 Å². The molecular weight excluding hydrogens is 314 g/mol. The molecule has 130 valence electrons. The van der Waals surface area contributed by atoms with Gasteiger partial charge in [0.25, 0.3) is 0 Å². The molecule has 0 radical (unpaired) electrons. The van der Waals surface area contributed by atoms with Gasteiger partial charge >= 0.3 is 6.03 Å². The van der Waals surface area contributed by atoms with Gasteiger partial charge in [-0.2, -0.15) is 0 Å². The molecule has 0 bridgehead atoms. The summed E-state index contributed by atoms with van der Waals surface area (Å²) < 4.78 is 5.53. The molecule has 2 aromatic rings. The first-order valence-corrected chi connectivity index (χ1v) is 8.85. The number of nitrogens with zero attached hydrogens (tertiary/aromatic N) is 2. The Bertz CT molecular complexity index is 742. The molecule has 2 aliphatic heterocycles. The Morgan fingerprint density at radius 2 is 2.20 bits per heavy atom. The van der Waals surface area contributed by atoms with E-state index in [2.05, 4.69) is 16.4 Å². The number of hydrogen-bond acceptors (Lipinski definition) is 3. The van der Waals surface area contributed by atoms with Crippen molar-refractivity contribution in [2.75, 3.05) is 26.3 Å². The van der Waals surface area contributed by atoms with Crippen LogP contribution in [0, 0.1) is 5.41 Å². The van der Waals surface area contributed by atoms with Crippen LogP contribution in [0.1, 0.15) is 18.4 Å². The third kappa shape index (κ3) is 3.51. The summed E-state index contributed by atoms with van der Waals surface area (Å²) in [6, 6.07) is 14.1. The molecule has 25 heavy (non-hydrogen) atoms. The second-order valence-electron chi connectivity index (χ2n) is 7.05. The molecule has 0 aliphatic carbocycles. The van der Waals surface area contributed by atoms with Gasteiger partial charge in [0.15, 0.2) is 0 Å². The van der Waals surface area contributed by atoms with Crippen LogP contribution in [-0.2, 0) is 11.3 Å². The van der Waals surface area contributed by atoms with Crippen molar-refractivity contribution < 1.29 is 9.53 Å². The summed E-state index contributed by atoms with van der Waals surface area (Å²) in [7, 11) is 0. The summed E-state index contributed by atoms with van der Waals surface area (Å²) in [5.74, 6) is 0. The predicted octanol–water partition coefficient (Wildman–Crippen LogP) is 3.07. The van der Waals surface area contributed by atoms with Crippen LogP contribution in [0.3, 0.4) is 0 Å². The molecule has 2 amide bonds. The lowest BCUT2D eigenvalue weighted by Crippen LogP contribution is -2.39. The van der Waals surface area contributed by atoms with Crippen molar-refractivity contribution >= 4 is 6.03 Å². The molecule has 2 fully saturated rings. The number of carbonyl (C=O) groups is 1. The summed E-state index contributed by atoms with van der Waals surface area (Å²) in [5, 5.41) is 3.05. The Morgan fingerprint density at radius 3 is 3.00 bits per heavy atom. The lowest BCUT2D eigenvalue weighted by molar-refractivity contribution is 0.152. The normalized spacial score (nSPS) is 22.5. The summed E-state index contributed by atoms with van der Waals surface area (Å²) in [6.45, 7) is 3.79. The lowest BCUT2D eigenvalue weighted by Gasteiger charge is -2.22. The number of aromatic nitrogens is 1. The Labute approximate surface area is 148 Å². The van der Waals surface area contributed by atoms with Gasteiger partial charge in [0.1, 0.15) is 0 Å². The molecule has 0 unspecified atom stereocenters. The van der Waals surface area contributed by atoms with E-state index in [1.54, 1.807) is 6.20 Å². The highest BCUT2D eigenvalue weighted by Crippen LogP contribution is 2.38. The average Bonchev–Trinajstić information content (AvgIpc) is 3.31. The first kappa shape index (κ1) is 16.1. The van der Waals surface area contributed by atoms with E-state index in [1.165, 1.54) is 0 Å². The molecule has 5 heteroatoms. The van der Waals surface area contributed by atoms with Gasteiger partial charge in [0.05, 0.1) is 12.3 Å². The quantitative estimate of drug-likeness (QED) is 0.936. The minimum Gasteiger partial charge on any atom is -0.381 e. The van der Waals surface area contributed by atoms with Crippen LogP contribution in [0.4, 0.5) is 4.79 Å². The number of ether oxygens (including phenoxy) is 1. The number of amides is 2. The van der Waals surface area contributed by atoms with Crippen LogP contribution in [-0.4, -0.2) is 42.2 Å². The van der Waals surface area contributed by atoms with Crippen LogP contribution in [0.2, 0.25) is 0 Å². The van der Waals surface area contributed by atoms with E-state index in [4.69, 9.17) is 4.74 Å². The number of urea groups is 1. The summed E-state index contributed by atoms with van der Waals surface area (Å²) in [6.07, 6.45) is 3.91. The molecule has 1 N–H and O–H groups in total. The van der Waals surface area contributed by atoms with Gasteiger partial charge in [-0.3, -0.25) is 4.98 Å². The van der Waals surface area contributed by atoms with Crippen molar-refractivity contribution in [1.82, 2.24) is 15.2 Å². The van der Waals surface area contributed by atoms with Crippen LogP contribution in [0.25, 0.3) is 11.3 Å². The zero-order valence-electron chi connectivity index (χ0n) is 14.3. The zero-order chi connectivity index (χ0) is 17.1. The first-order chi connectivity index (χ1) is 12.2. The third-order valence-corrected chi connectivity index (χ3v) is 5.24. The van der Waals surface area contributed by atoms with Crippen LogP contribution in [0.15, 0.2) is 48.7 Å². The second kappa shape index (κ2) is 6.84. The van der Waals surface area contributed by atoms with Crippen LogP contribution < -0.4 is 5.32 Å². The van der Waals surface area contributed by atoms with Gasteiger partial charge in [0, 0.05) is 43.4 Å². The fourth-order valence-electron chi connectivity index (χ4n) is 3.74. The Morgan fingerprint density at radius 1 is 1.24 bits per heavy atom. The Balaban J connectivity index is 1.36. The van der Waals surface area contributed by atoms with E-state index in [0.29, 0.717) is 6.54 Å². The summed E-state index contributed by atoms with van der Waals surface area (Å²) in [4.78, 5) is 18.8. The van der Waals surface area contributed by atoms with Crippen molar-refractivity contribution in [3.63, 3.8) is 0 Å². The molecule has 3 heterocycles. The van der Waals surface area contributed by atoms with Crippen molar-refractivity contribution in [3.8, 4) is 11.3 Å². The fraction of sp³-hybridized carbons (Fsp3) is 0.400. The van der Waals surface area contributed by atoms with E-state index >= 15 is 0 Å². The van der Waals surface area contributed by atoms with E-state index in [0.717, 1.165) is 56.0 Å². The molecular formula is C20H23N3O2. The topological polar surface area (TPSA) is 54.5 Å². The molecule has 5 nitrogen and oxygen atoms in total. The van der Waals surface area contributed by atoms with Crippen molar-refractivity contribution in [1.29, 1.82) is 0 Å². The lowest BCUT2D eigenvalue weighted by atomic mass is 9.87. The number of benzene rings is 1. The third-order valence-electron chi connectivity index (χ3n) is 5.24. The average molecular weight is 337 g/mol. The molecule has 1 spiro atoms. The zero-order valence-corrected chi connectivity index (χ0v) is 14.3. The SMILES string of the molecule is O=C(NCc1cccc(-c2ccccn2)c1)N1CC[C@]2(CCOC2)C1. The van der Waals surface area contributed by atoms with Gasteiger partial charge in [-0.25, -0.2) is 4.79 Å². The van der Waals surface area contributed by atoms with Crippen LogP contribution >= 0.6 is 0 Å². The van der Waals surface area contributed by atoms with Gasteiger partial charge < -0.3 is 15.0 Å². The van der Waals surface area contributed by atoms with Crippen molar-refractivity contribution in [2.45, 2.75) is 19.4 Å². The highest BCUT2D eigenvalue weighted by Gasteiger charge is 2.42. The predicted molar refractivity (Wildman–Crippen MR) is 96.0 cm³/mol. The fourth-order valence-corrected chi connectivity index (χ4v) is 3.74. The van der Waals surface area contributed by atoms with Crippen molar-refractivity contribution in [3.05, 3.63) is 54.2 Å². The van der Waals surface area contributed by atoms with E-state index in [9.17, 15) is 4.79 Å². The molecule has 1 aromatic carbocycles. The maximum absolute atomic E-state index is 12.5. The summed E-state index contributed by atoms with van der Waals surface area (Å²) in [5.41, 5.74) is 3.29. The Hall–Kier alpha value is -2.40. The highest BCUT2D eigenvalue weighted by molar-refractivity contribution is 5.74. The van der Waals surface area contributed by atoms with Gasteiger partial charge in [-0.15, -0.1) is 0 Å². The number of nitrogens with one attached hydrogen (secondary N) is 1. The number of pyridine rings is 1. The standard InChI is InChI=1S/C20H23N3O2/c24-19(23-10-7-20(14-23)8-11-25-15-20)22-13-16-4-3-5-17(12-16)18-6-1-2-9-21-18/h1-6,9,12H,7-8,10-11,13-15H2,(H,22,24)/t20-/m0/s1. The van der Waals surface area contributed by atoms with E-state index < -0.39 is 0 Å². The minimum atomic E-state index is 0.0204. The largest absolute Gasteiger partial charge is 0.381 e. The maximum atomic E-state index is 12.5. The van der Waals surface area contributed by atoms with Gasteiger partial charge in [-0.1, -0.05) is 24.3 Å². The number of hydrogen-bond donors (Lipinski definition) is 1. The highest BCUT2D eigenvalue weighted by atomic mass is 16.5. The second-order valence-corrected chi connectivity index (χ2v) is 7.05. The smallest absolute Gasteiger partial charge is 0.317 e. The summed E-state index contributed by atoms with van der Waals surface area (Å²) >= 11 is 0. The number of likely N-dealkylation sites (tertiary alicyclic amines) is 1. The molecule has 4 rings (SSSR count).